The molecule has 2 heterocycles. The summed E-state index contributed by atoms with van der Waals surface area (Å²) in [5.41, 5.74) is 1.51. The highest BCUT2D eigenvalue weighted by molar-refractivity contribution is 7.99. The standard InChI is InChI=1S/C17H21N3O5S2/c1-20-15(17(23)25-19-20)26-9-8-12(21)18-14-13(16(22)24-2)10-6-4-3-5-7-11(10)27-14/h3-9H2,1-2H3,(H-,18,19,21,22,23). The smallest absolute Gasteiger partial charge is 0.341 e. The molecule has 0 aromatic carbocycles. The number of anilines is 1. The lowest BCUT2D eigenvalue weighted by Gasteiger charge is -2.07. The number of nitrogens with one attached hydrogen (secondary N) is 1. The Bertz CT molecular complexity index is 826. The number of thioether (sulfide) groups is 1. The summed E-state index contributed by atoms with van der Waals surface area (Å²) in [5, 5.41) is 18.8. The van der Waals surface area contributed by atoms with Crippen molar-refractivity contribution < 1.29 is 28.6 Å². The van der Waals surface area contributed by atoms with Crippen LogP contribution in [0.3, 0.4) is 0 Å². The second-order valence-electron chi connectivity index (χ2n) is 6.20. The maximum absolute atomic E-state index is 12.4. The van der Waals surface area contributed by atoms with E-state index in [0.717, 1.165) is 42.5 Å². The van der Waals surface area contributed by atoms with Gasteiger partial charge in [0.15, 0.2) is 13.0 Å². The van der Waals surface area contributed by atoms with Crippen LogP contribution in [0.2, 0.25) is 0 Å². The van der Waals surface area contributed by atoms with E-state index in [-0.39, 0.29) is 12.3 Å². The van der Waals surface area contributed by atoms with Crippen LogP contribution in [0.5, 0.6) is 5.95 Å². The second kappa shape index (κ2) is 8.75. The van der Waals surface area contributed by atoms with Crippen LogP contribution in [0.15, 0.2) is 9.55 Å². The number of carbonyl (C=O) groups excluding carboxylic acids is 2. The van der Waals surface area contributed by atoms with Crippen molar-refractivity contribution in [2.45, 2.75) is 43.6 Å². The van der Waals surface area contributed by atoms with Gasteiger partial charge in [-0.05, 0) is 31.2 Å². The van der Waals surface area contributed by atoms with Crippen molar-refractivity contribution in [2.24, 2.45) is 7.05 Å². The van der Waals surface area contributed by atoms with Crippen molar-refractivity contribution in [1.29, 1.82) is 0 Å². The van der Waals surface area contributed by atoms with Crippen LogP contribution >= 0.6 is 23.1 Å². The van der Waals surface area contributed by atoms with Crippen molar-refractivity contribution in [3.8, 4) is 5.95 Å². The Morgan fingerprint density at radius 1 is 1.37 bits per heavy atom. The van der Waals surface area contributed by atoms with Gasteiger partial charge < -0.3 is 19.7 Å². The third kappa shape index (κ3) is 4.44. The Labute approximate surface area is 164 Å². The molecule has 1 N–H and O–H groups in total. The number of nitrogens with zero attached hydrogens (tertiary/aromatic N) is 2. The van der Waals surface area contributed by atoms with Crippen molar-refractivity contribution in [3.05, 3.63) is 16.0 Å². The fourth-order valence-electron chi connectivity index (χ4n) is 3.04. The van der Waals surface area contributed by atoms with E-state index in [2.05, 4.69) is 15.1 Å². The molecule has 0 fully saturated rings. The Kier molecular flexibility index (Phi) is 6.38. The number of hydrogen-bond acceptors (Lipinski definition) is 8. The third-order valence-corrected chi connectivity index (χ3v) is 6.67. The number of fused-ring (bicyclic) bond motifs is 1. The number of aromatic nitrogens is 2. The Balaban J connectivity index is 1.67. The second-order valence-corrected chi connectivity index (χ2v) is 8.38. The molecule has 8 nitrogen and oxygen atoms in total. The molecule has 1 aliphatic rings. The van der Waals surface area contributed by atoms with Crippen LogP contribution in [0.25, 0.3) is 0 Å². The summed E-state index contributed by atoms with van der Waals surface area (Å²) >= 11 is 2.67. The molecule has 27 heavy (non-hydrogen) atoms. The zero-order valence-corrected chi connectivity index (χ0v) is 16.8. The first kappa shape index (κ1) is 19.7. The summed E-state index contributed by atoms with van der Waals surface area (Å²) in [4.78, 5) is 25.8. The van der Waals surface area contributed by atoms with Gasteiger partial charge >= 0.3 is 5.97 Å². The summed E-state index contributed by atoms with van der Waals surface area (Å²) in [7, 11) is 2.96. The molecule has 1 aliphatic carbocycles. The predicted molar refractivity (Wildman–Crippen MR) is 98.0 cm³/mol. The highest BCUT2D eigenvalue weighted by atomic mass is 32.2. The molecule has 0 bridgehead atoms. The Morgan fingerprint density at radius 3 is 2.85 bits per heavy atom. The maximum Gasteiger partial charge on any atom is 0.341 e. The quantitative estimate of drug-likeness (QED) is 0.334. The van der Waals surface area contributed by atoms with Gasteiger partial charge in [-0.15, -0.1) is 11.3 Å². The number of aryl methyl sites for hydroxylation is 2. The van der Waals surface area contributed by atoms with E-state index in [1.165, 1.54) is 34.9 Å². The maximum atomic E-state index is 12.4. The lowest BCUT2D eigenvalue weighted by molar-refractivity contribution is -0.772. The van der Waals surface area contributed by atoms with Gasteiger partial charge in [-0.1, -0.05) is 22.9 Å². The number of carbonyl (C=O) groups is 2. The lowest BCUT2D eigenvalue weighted by atomic mass is 10.1. The van der Waals surface area contributed by atoms with Crippen molar-refractivity contribution in [1.82, 2.24) is 5.27 Å². The summed E-state index contributed by atoms with van der Waals surface area (Å²) in [6.45, 7) is 0. The number of hydrogen-bond donors (Lipinski definition) is 1. The van der Waals surface area contributed by atoms with Gasteiger partial charge in [0, 0.05) is 17.1 Å². The zero-order valence-electron chi connectivity index (χ0n) is 15.2. The molecule has 3 rings (SSSR count). The monoisotopic (exact) mass is 411 g/mol. The Hall–Kier alpha value is -2.07. The van der Waals surface area contributed by atoms with Gasteiger partial charge in [-0.2, -0.15) is 0 Å². The van der Waals surface area contributed by atoms with E-state index in [1.807, 2.05) is 0 Å². The van der Waals surface area contributed by atoms with Crippen molar-refractivity contribution >= 4 is 40.0 Å². The molecule has 0 spiro atoms. The molecule has 10 heteroatoms. The van der Waals surface area contributed by atoms with Crippen molar-refractivity contribution in [3.63, 3.8) is 0 Å². The zero-order chi connectivity index (χ0) is 19.4. The molecule has 0 radical (unpaired) electrons. The summed E-state index contributed by atoms with van der Waals surface area (Å²) in [6, 6.07) is 0. The fraction of sp³-hybridized carbons (Fsp3) is 0.529. The first-order chi connectivity index (χ1) is 13.0. The van der Waals surface area contributed by atoms with Gasteiger partial charge in [0.1, 0.15) is 5.00 Å². The molecule has 0 atom stereocenters. The lowest BCUT2D eigenvalue weighted by Crippen LogP contribution is -2.32. The number of methoxy groups -OCH3 is 1. The van der Waals surface area contributed by atoms with Crippen LogP contribution in [0.4, 0.5) is 5.00 Å². The van der Waals surface area contributed by atoms with Gasteiger partial charge in [-0.25, -0.2) is 4.79 Å². The average Bonchev–Trinajstić information content (AvgIpc) is 3.04. The molecular formula is C17H21N3O5S2. The number of amides is 1. The van der Waals surface area contributed by atoms with Crippen LogP contribution in [-0.4, -0.2) is 30.0 Å². The minimum atomic E-state index is -0.516. The van der Waals surface area contributed by atoms with E-state index >= 15 is 0 Å². The van der Waals surface area contributed by atoms with Gasteiger partial charge in [-0.3, -0.25) is 4.79 Å². The van der Waals surface area contributed by atoms with E-state index in [4.69, 9.17) is 4.74 Å². The molecule has 2 aromatic heterocycles. The predicted octanol–water partition coefficient (Wildman–Crippen LogP) is 1.81. The number of rotatable bonds is 6. The van der Waals surface area contributed by atoms with E-state index in [0.29, 0.717) is 21.3 Å². The van der Waals surface area contributed by atoms with E-state index in [9.17, 15) is 14.7 Å². The summed E-state index contributed by atoms with van der Waals surface area (Å²) in [5.74, 6) is -0.741. The first-order valence-corrected chi connectivity index (χ1v) is 10.5. The number of ether oxygens (including phenoxy) is 1. The highest BCUT2D eigenvalue weighted by Crippen LogP contribution is 2.38. The SMILES string of the molecule is COC(=O)c1c(NC(=O)CCSc2c([O-])on[n+]2C)sc2c1CCCCC2. The van der Waals surface area contributed by atoms with Gasteiger partial charge in [0.05, 0.1) is 17.9 Å². The number of esters is 1. The molecule has 2 aromatic rings. The minimum absolute atomic E-state index is 0.193. The molecule has 0 unspecified atom stereocenters. The summed E-state index contributed by atoms with van der Waals surface area (Å²) in [6.07, 6.45) is 5.21. The molecule has 1 amide bonds. The molecule has 146 valence electrons. The third-order valence-electron chi connectivity index (χ3n) is 4.35. The normalized spacial score (nSPS) is 13.7. The average molecular weight is 412 g/mol. The van der Waals surface area contributed by atoms with Gasteiger partial charge in [0.25, 0.3) is 5.03 Å². The molecule has 0 aliphatic heterocycles. The van der Waals surface area contributed by atoms with Gasteiger partial charge in [0.2, 0.25) is 5.91 Å². The highest BCUT2D eigenvalue weighted by Gasteiger charge is 2.26. The largest absolute Gasteiger partial charge is 0.538 e. The molecular weight excluding hydrogens is 390 g/mol. The molecule has 0 saturated heterocycles. The van der Waals surface area contributed by atoms with E-state index in [1.54, 1.807) is 7.05 Å². The fourth-order valence-corrected chi connectivity index (χ4v) is 5.19. The first-order valence-electron chi connectivity index (χ1n) is 8.69. The summed E-state index contributed by atoms with van der Waals surface area (Å²) < 4.78 is 10.8. The number of thiophene rings is 1. The van der Waals surface area contributed by atoms with Crippen LogP contribution in [0, 0.1) is 0 Å². The molecule has 0 saturated carbocycles. The van der Waals surface area contributed by atoms with Crippen LogP contribution in [0.1, 0.15) is 46.5 Å². The topological polar surface area (TPSA) is 108 Å². The Morgan fingerprint density at radius 2 is 2.15 bits per heavy atom. The van der Waals surface area contributed by atoms with Crippen molar-refractivity contribution in [2.75, 3.05) is 18.2 Å². The van der Waals surface area contributed by atoms with E-state index < -0.39 is 11.9 Å². The minimum Gasteiger partial charge on any atom is -0.538 e. The van der Waals surface area contributed by atoms with Crippen LogP contribution in [-0.2, 0) is 29.4 Å². The van der Waals surface area contributed by atoms with Crippen LogP contribution < -0.4 is 15.1 Å².